The number of hydrogen-bond acceptors (Lipinski definition) is 3. The first-order valence-electron chi connectivity index (χ1n) is 4.98. The zero-order valence-corrected chi connectivity index (χ0v) is 10.1. The van der Waals surface area contributed by atoms with Crippen LogP contribution in [0, 0.1) is 5.82 Å². The number of ether oxygens (including phenoxy) is 1. The SMILES string of the molecule is COCCS(=O)Cc1cc(CN)ccc1F. The predicted molar refractivity (Wildman–Crippen MR) is 62.9 cm³/mol. The molecule has 0 radical (unpaired) electrons. The molecule has 0 fully saturated rings. The summed E-state index contributed by atoms with van der Waals surface area (Å²) in [6.07, 6.45) is 0. The molecule has 16 heavy (non-hydrogen) atoms. The Hall–Kier alpha value is -0.780. The van der Waals surface area contributed by atoms with E-state index in [4.69, 9.17) is 10.5 Å². The molecule has 5 heteroatoms. The fourth-order valence-electron chi connectivity index (χ4n) is 1.29. The lowest BCUT2D eigenvalue weighted by Crippen LogP contribution is -2.08. The molecule has 0 aliphatic rings. The Morgan fingerprint density at radius 2 is 2.25 bits per heavy atom. The average Bonchev–Trinajstić information content (AvgIpc) is 2.29. The van der Waals surface area contributed by atoms with Gasteiger partial charge >= 0.3 is 0 Å². The molecular weight excluding hydrogens is 229 g/mol. The van der Waals surface area contributed by atoms with Gasteiger partial charge in [0, 0.05) is 35.8 Å². The Bertz CT molecular complexity index is 371. The van der Waals surface area contributed by atoms with Gasteiger partial charge in [0.2, 0.25) is 0 Å². The van der Waals surface area contributed by atoms with Gasteiger partial charge in [-0.2, -0.15) is 0 Å². The summed E-state index contributed by atoms with van der Waals surface area (Å²) in [6.45, 7) is 0.781. The van der Waals surface area contributed by atoms with E-state index < -0.39 is 10.8 Å². The second-order valence-corrected chi connectivity index (χ2v) is 4.99. The van der Waals surface area contributed by atoms with Crippen LogP contribution in [-0.4, -0.2) is 23.7 Å². The summed E-state index contributed by atoms with van der Waals surface area (Å²) in [5, 5.41) is 0. The molecule has 1 aromatic carbocycles. The van der Waals surface area contributed by atoms with Crippen molar-refractivity contribution in [1.82, 2.24) is 0 Å². The fourth-order valence-corrected chi connectivity index (χ4v) is 2.35. The van der Waals surface area contributed by atoms with Crippen LogP contribution in [0.1, 0.15) is 11.1 Å². The second kappa shape index (κ2) is 6.73. The molecule has 3 nitrogen and oxygen atoms in total. The van der Waals surface area contributed by atoms with Gasteiger partial charge in [-0.15, -0.1) is 0 Å². The van der Waals surface area contributed by atoms with Gasteiger partial charge in [0.15, 0.2) is 0 Å². The minimum Gasteiger partial charge on any atom is -0.384 e. The molecule has 0 saturated carbocycles. The molecule has 0 aromatic heterocycles. The van der Waals surface area contributed by atoms with Crippen molar-refractivity contribution < 1.29 is 13.3 Å². The van der Waals surface area contributed by atoms with Gasteiger partial charge in [-0.25, -0.2) is 4.39 Å². The van der Waals surface area contributed by atoms with Gasteiger partial charge in [-0.1, -0.05) is 12.1 Å². The molecule has 1 atom stereocenters. The zero-order valence-electron chi connectivity index (χ0n) is 9.24. The van der Waals surface area contributed by atoms with Crippen molar-refractivity contribution in [1.29, 1.82) is 0 Å². The molecule has 0 bridgehead atoms. The maximum Gasteiger partial charge on any atom is 0.127 e. The van der Waals surface area contributed by atoms with Crippen LogP contribution in [0.3, 0.4) is 0 Å². The number of methoxy groups -OCH3 is 1. The molecule has 0 aliphatic carbocycles. The van der Waals surface area contributed by atoms with Crippen LogP contribution in [-0.2, 0) is 27.8 Å². The van der Waals surface area contributed by atoms with Crippen molar-refractivity contribution >= 4 is 10.8 Å². The highest BCUT2D eigenvalue weighted by Gasteiger charge is 2.07. The van der Waals surface area contributed by atoms with E-state index in [0.717, 1.165) is 5.56 Å². The number of nitrogens with two attached hydrogens (primary N) is 1. The van der Waals surface area contributed by atoms with Crippen LogP contribution in [0.15, 0.2) is 18.2 Å². The summed E-state index contributed by atoms with van der Waals surface area (Å²) < 4.78 is 29.8. The van der Waals surface area contributed by atoms with E-state index in [1.54, 1.807) is 19.2 Å². The monoisotopic (exact) mass is 245 g/mol. The maximum absolute atomic E-state index is 13.4. The summed E-state index contributed by atoms with van der Waals surface area (Å²) in [4.78, 5) is 0. The molecule has 0 saturated heterocycles. The predicted octanol–water partition coefficient (Wildman–Crippen LogP) is 1.18. The van der Waals surface area contributed by atoms with Crippen LogP contribution in [0.25, 0.3) is 0 Å². The summed E-state index contributed by atoms with van der Waals surface area (Å²) in [7, 11) is 0.451. The third-order valence-electron chi connectivity index (χ3n) is 2.18. The molecule has 90 valence electrons. The van der Waals surface area contributed by atoms with Crippen LogP contribution in [0.5, 0.6) is 0 Å². The second-order valence-electron chi connectivity index (χ2n) is 3.41. The molecule has 1 rings (SSSR count). The molecule has 0 amide bonds. The molecule has 0 spiro atoms. The fraction of sp³-hybridized carbons (Fsp3) is 0.455. The first-order chi connectivity index (χ1) is 7.67. The normalized spacial score (nSPS) is 12.7. The van der Waals surface area contributed by atoms with Crippen molar-refractivity contribution in [2.75, 3.05) is 19.5 Å². The molecule has 1 unspecified atom stereocenters. The summed E-state index contributed by atoms with van der Waals surface area (Å²) in [5.74, 6) is 0.300. The Morgan fingerprint density at radius 3 is 2.88 bits per heavy atom. The highest BCUT2D eigenvalue weighted by molar-refractivity contribution is 7.84. The summed E-state index contributed by atoms with van der Waals surface area (Å²) >= 11 is 0. The van der Waals surface area contributed by atoms with E-state index in [0.29, 0.717) is 24.5 Å². The van der Waals surface area contributed by atoms with Crippen LogP contribution >= 0.6 is 0 Å². The van der Waals surface area contributed by atoms with Gasteiger partial charge in [0.05, 0.1) is 12.4 Å². The topological polar surface area (TPSA) is 52.3 Å². The third-order valence-corrected chi connectivity index (χ3v) is 3.43. The average molecular weight is 245 g/mol. The smallest absolute Gasteiger partial charge is 0.127 e. The minimum atomic E-state index is -1.10. The van der Waals surface area contributed by atoms with Crippen LogP contribution < -0.4 is 5.73 Å². The van der Waals surface area contributed by atoms with Crippen molar-refractivity contribution in [2.24, 2.45) is 5.73 Å². The van der Waals surface area contributed by atoms with Crippen molar-refractivity contribution in [2.45, 2.75) is 12.3 Å². The molecule has 0 heterocycles. The first kappa shape index (κ1) is 13.3. The van der Waals surface area contributed by atoms with Crippen LogP contribution in [0.2, 0.25) is 0 Å². The number of hydrogen-bond donors (Lipinski definition) is 1. The first-order valence-corrected chi connectivity index (χ1v) is 6.47. The third kappa shape index (κ3) is 4.00. The molecule has 0 aliphatic heterocycles. The largest absolute Gasteiger partial charge is 0.384 e. The van der Waals surface area contributed by atoms with E-state index in [1.165, 1.54) is 6.07 Å². The number of benzene rings is 1. The Kier molecular flexibility index (Phi) is 5.59. The highest BCUT2D eigenvalue weighted by atomic mass is 32.2. The Labute approximate surface area is 97.2 Å². The van der Waals surface area contributed by atoms with Gasteiger partial charge in [-0.3, -0.25) is 4.21 Å². The Morgan fingerprint density at radius 1 is 1.50 bits per heavy atom. The lowest BCUT2D eigenvalue weighted by molar-refractivity contribution is 0.218. The lowest BCUT2D eigenvalue weighted by Gasteiger charge is -2.05. The van der Waals surface area contributed by atoms with E-state index in [1.807, 2.05) is 0 Å². The summed E-state index contributed by atoms with van der Waals surface area (Å²) in [6, 6.07) is 4.67. The van der Waals surface area contributed by atoms with E-state index in [-0.39, 0.29) is 11.6 Å². The molecule has 2 N–H and O–H groups in total. The van der Waals surface area contributed by atoms with E-state index in [2.05, 4.69) is 0 Å². The van der Waals surface area contributed by atoms with Crippen molar-refractivity contribution in [3.8, 4) is 0 Å². The van der Waals surface area contributed by atoms with E-state index >= 15 is 0 Å². The van der Waals surface area contributed by atoms with Gasteiger partial charge in [-0.05, 0) is 11.6 Å². The molecule has 1 aromatic rings. The standard InChI is InChI=1S/C11H16FNO2S/c1-15-4-5-16(14)8-10-6-9(7-13)2-3-11(10)12/h2-3,6H,4-5,7-8,13H2,1H3. The van der Waals surface area contributed by atoms with Crippen molar-refractivity contribution in [3.63, 3.8) is 0 Å². The molecular formula is C11H16FNO2S. The van der Waals surface area contributed by atoms with Gasteiger partial charge in [0.1, 0.15) is 5.82 Å². The zero-order chi connectivity index (χ0) is 12.0. The number of rotatable bonds is 6. The van der Waals surface area contributed by atoms with Gasteiger partial charge < -0.3 is 10.5 Å². The van der Waals surface area contributed by atoms with Gasteiger partial charge in [0.25, 0.3) is 0 Å². The van der Waals surface area contributed by atoms with E-state index in [9.17, 15) is 8.60 Å². The number of halogens is 1. The van der Waals surface area contributed by atoms with Crippen molar-refractivity contribution in [3.05, 3.63) is 35.1 Å². The quantitative estimate of drug-likeness (QED) is 0.818. The Balaban J connectivity index is 2.68. The minimum absolute atomic E-state index is 0.211. The highest BCUT2D eigenvalue weighted by Crippen LogP contribution is 2.12. The lowest BCUT2D eigenvalue weighted by atomic mass is 10.1. The van der Waals surface area contributed by atoms with Crippen LogP contribution in [0.4, 0.5) is 4.39 Å². The maximum atomic E-state index is 13.4. The summed E-state index contributed by atoms with van der Waals surface area (Å²) in [5.41, 5.74) is 6.76.